The van der Waals surface area contributed by atoms with Gasteiger partial charge in [-0.25, -0.2) is 0 Å². The van der Waals surface area contributed by atoms with Gasteiger partial charge in [-0.15, -0.1) is 0 Å². The summed E-state index contributed by atoms with van der Waals surface area (Å²) in [6, 6.07) is 0. The lowest BCUT2D eigenvalue weighted by Gasteiger charge is -1.83. The molecule has 0 aliphatic carbocycles. The highest BCUT2D eigenvalue weighted by atomic mass is 14.8. The van der Waals surface area contributed by atoms with Crippen LogP contribution in [0.5, 0.6) is 0 Å². The zero-order valence-corrected chi connectivity index (χ0v) is 6.54. The van der Waals surface area contributed by atoms with Crippen molar-refractivity contribution < 1.29 is 0 Å². The van der Waals surface area contributed by atoms with Crippen molar-refractivity contribution in [2.24, 2.45) is 4.99 Å². The highest BCUT2D eigenvalue weighted by Crippen LogP contribution is 1.73. The molecule has 56 valence electrons. The minimum Gasteiger partial charge on any atom is -0.316 e. The summed E-state index contributed by atoms with van der Waals surface area (Å²) in [5.74, 6) is 0. The van der Waals surface area contributed by atoms with Crippen LogP contribution in [0.25, 0.3) is 0 Å². The first-order valence-electron chi connectivity index (χ1n) is 3.30. The van der Waals surface area contributed by atoms with Crippen LogP contribution in [-0.4, -0.2) is 26.9 Å². The lowest BCUT2D eigenvalue weighted by Crippen LogP contribution is -2.03. The van der Waals surface area contributed by atoms with Gasteiger partial charge in [0, 0.05) is 19.8 Å². The molecule has 0 heterocycles. The number of likely N-dealkylation sites (N-methyl/N-ethyl adjacent to an activating group) is 1. The fourth-order valence-electron chi connectivity index (χ4n) is 0.464. The van der Waals surface area contributed by atoms with Crippen LogP contribution in [0.3, 0.4) is 0 Å². The molecule has 0 saturated heterocycles. The zero-order chi connectivity index (χ0) is 7.66. The van der Waals surface area contributed by atoms with Gasteiger partial charge in [-0.3, -0.25) is 4.99 Å². The van der Waals surface area contributed by atoms with E-state index >= 15 is 0 Å². The molecule has 0 aliphatic rings. The number of hydrogen-bond donors (Lipinski definition) is 1. The lowest BCUT2D eigenvalue weighted by atomic mass is 10.4. The average molecular weight is 138 g/mol. The number of nitrogens with one attached hydrogen (secondary N) is 1. The molecule has 0 spiro atoms. The minimum absolute atomic E-state index is 0.910. The Morgan fingerprint density at radius 2 is 2.10 bits per heavy atom. The summed E-state index contributed by atoms with van der Waals surface area (Å²) >= 11 is 0. The maximum atomic E-state index is 3.79. The second-order valence-corrected chi connectivity index (χ2v) is 1.78. The van der Waals surface area contributed by atoms with Gasteiger partial charge in [0.2, 0.25) is 0 Å². The summed E-state index contributed by atoms with van der Waals surface area (Å²) in [7, 11) is 3.67. The molecule has 0 atom stereocenters. The van der Waals surface area contributed by atoms with Gasteiger partial charge < -0.3 is 5.32 Å². The number of allylic oxidation sites excluding steroid dienone is 3. The average Bonchev–Trinajstić information content (AvgIpc) is 1.97. The molecule has 2 heteroatoms. The summed E-state index contributed by atoms with van der Waals surface area (Å²) in [5, 5.41) is 3.00. The van der Waals surface area contributed by atoms with E-state index in [9.17, 15) is 0 Å². The molecule has 0 aromatic heterocycles. The minimum atomic E-state index is 0.910. The Balaban J connectivity index is 3.32. The van der Waals surface area contributed by atoms with E-state index in [1.807, 2.05) is 31.4 Å². The van der Waals surface area contributed by atoms with Crippen LogP contribution in [0, 0.1) is 0 Å². The second-order valence-electron chi connectivity index (χ2n) is 1.78. The third kappa shape index (κ3) is 7.11. The van der Waals surface area contributed by atoms with E-state index in [2.05, 4.69) is 10.3 Å². The van der Waals surface area contributed by atoms with E-state index in [1.54, 1.807) is 13.3 Å². The van der Waals surface area contributed by atoms with Crippen molar-refractivity contribution in [1.82, 2.24) is 5.32 Å². The van der Waals surface area contributed by atoms with E-state index < -0.39 is 0 Å². The van der Waals surface area contributed by atoms with Crippen molar-refractivity contribution in [2.45, 2.75) is 0 Å². The summed E-state index contributed by atoms with van der Waals surface area (Å²) in [5.41, 5.74) is 0. The van der Waals surface area contributed by atoms with E-state index in [0.29, 0.717) is 0 Å². The van der Waals surface area contributed by atoms with Gasteiger partial charge in [0.15, 0.2) is 0 Å². The summed E-state index contributed by atoms with van der Waals surface area (Å²) in [4.78, 5) is 3.79. The van der Waals surface area contributed by atoms with E-state index in [-0.39, 0.29) is 0 Å². The fraction of sp³-hybridized carbons (Fsp3) is 0.375. The molecule has 2 nitrogen and oxygen atoms in total. The third-order valence-electron chi connectivity index (χ3n) is 0.915. The topological polar surface area (TPSA) is 24.4 Å². The molecule has 0 rings (SSSR count). The molecule has 0 fully saturated rings. The molecule has 10 heavy (non-hydrogen) atoms. The third-order valence-corrected chi connectivity index (χ3v) is 0.915. The van der Waals surface area contributed by atoms with Crippen molar-refractivity contribution in [3.63, 3.8) is 0 Å². The molecule has 0 aliphatic heterocycles. The van der Waals surface area contributed by atoms with Crippen molar-refractivity contribution in [2.75, 3.05) is 20.6 Å². The monoisotopic (exact) mass is 138 g/mol. The van der Waals surface area contributed by atoms with Crippen LogP contribution in [0.1, 0.15) is 0 Å². The van der Waals surface area contributed by atoms with Gasteiger partial charge in [0.1, 0.15) is 0 Å². The van der Waals surface area contributed by atoms with Crippen molar-refractivity contribution in [1.29, 1.82) is 0 Å². The van der Waals surface area contributed by atoms with Gasteiger partial charge >= 0.3 is 0 Å². The Morgan fingerprint density at radius 3 is 2.70 bits per heavy atom. The first-order chi connectivity index (χ1) is 4.91. The van der Waals surface area contributed by atoms with E-state index in [0.717, 1.165) is 6.54 Å². The van der Waals surface area contributed by atoms with Gasteiger partial charge in [0.25, 0.3) is 0 Å². The van der Waals surface area contributed by atoms with E-state index in [1.165, 1.54) is 0 Å². The SMILES string of the molecule is CN=C/C=C\C=C\CNC. The summed E-state index contributed by atoms with van der Waals surface area (Å²) in [6.45, 7) is 0.910. The molecule has 0 saturated carbocycles. The van der Waals surface area contributed by atoms with Gasteiger partial charge in [-0.1, -0.05) is 18.2 Å². The molecule has 0 amide bonds. The molecule has 0 bridgehead atoms. The fourth-order valence-corrected chi connectivity index (χ4v) is 0.464. The van der Waals surface area contributed by atoms with E-state index in [4.69, 9.17) is 0 Å². The Kier molecular flexibility index (Phi) is 7.39. The molecule has 0 unspecified atom stereocenters. The lowest BCUT2D eigenvalue weighted by molar-refractivity contribution is 0.920. The van der Waals surface area contributed by atoms with Gasteiger partial charge in [0.05, 0.1) is 0 Å². The highest BCUT2D eigenvalue weighted by Gasteiger charge is 1.65. The maximum absolute atomic E-state index is 3.79. The van der Waals surface area contributed by atoms with Crippen LogP contribution in [0.2, 0.25) is 0 Å². The number of aliphatic imine (C=N–C) groups is 1. The van der Waals surface area contributed by atoms with Gasteiger partial charge in [-0.2, -0.15) is 0 Å². The van der Waals surface area contributed by atoms with Crippen molar-refractivity contribution >= 4 is 6.21 Å². The normalized spacial score (nSPS) is 12.6. The van der Waals surface area contributed by atoms with Crippen LogP contribution in [0.4, 0.5) is 0 Å². The zero-order valence-electron chi connectivity index (χ0n) is 6.54. The Labute approximate surface area is 62.4 Å². The highest BCUT2D eigenvalue weighted by molar-refractivity contribution is 5.71. The van der Waals surface area contributed by atoms with Crippen molar-refractivity contribution in [3.05, 3.63) is 24.3 Å². The van der Waals surface area contributed by atoms with Crippen LogP contribution in [-0.2, 0) is 0 Å². The molecule has 0 aromatic carbocycles. The largest absolute Gasteiger partial charge is 0.316 e. The molecular weight excluding hydrogens is 124 g/mol. The smallest absolute Gasteiger partial charge is 0.0277 e. The van der Waals surface area contributed by atoms with Gasteiger partial charge in [-0.05, 0) is 13.1 Å². The number of rotatable bonds is 4. The Hall–Kier alpha value is -0.890. The van der Waals surface area contributed by atoms with Crippen molar-refractivity contribution in [3.8, 4) is 0 Å². The predicted molar refractivity (Wildman–Crippen MR) is 46.6 cm³/mol. The molecular formula is C8H14N2. The molecule has 1 N–H and O–H groups in total. The molecule has 0 aromatic rings. The Morgan fingerprint density at radius 1 is 1.30 bits per heavy atom. The first kappa shape index (κ1) is 9.11. The summed E-state index contributed by atoms with van der Waals surface area (Å²) < 4.78 is 0. The second kappa shape index (κ2) is 8.11. The standard InChI is InChI=1S/C8H14N2/c1-9-7-5-3-4-6-8-10-2/h3-7,10H,8H2,1-2H3/b5-3-,6-4+,9-7?. The first-order valence-corrected chi connectivity index (χ1v) is 3.30. The Bertz CT molecular complexity index is 134. The van der Waals surface area contributed by atoms with Crippen LogP contribution >= 0.6 is 0 Å². The summed E-state index contributed by atoms with van der Waals surface area (Å²) in [6.07, 6.45) is 9.62. The van der Waals surface area contributed by atoms with Crippen LogP contribution in [0.15, 0.2) is 29.3 Å². The number of nitrogens with zero attached hydrogens (tertiary/aromatic N) is 1. The number of hydrogen-bond acceptors (Lipinski definition) is 2. The predicted octanol–water partition coefficient (Wildman–Crippen LogP) is 1.02. The quantitative estimate of drug-likeness (QED) is 0.455. The maximum Gasteiger partial charge on any atom is 0.0277 e. The van der Waals surface area contributed by atoms with Crippen LogP contribution < -0.4 is 5.32 Å². The molecule has 0 radical (unpaired) electrons.